The fraction of sp³-hybridized carbons (Fsp3) is 0.0938. The van der Waals surface area contributed by atoms with Gasteiger partial charge in [0.1, 0.15) is 0 Å². The smallest absolute Gasteiger partial charge is 0.0785 e. The van der Waals surface area contributed by atoms with E-state index in [-0.39, 0.29) is 0 Å². The molecule has 2 heterocycles. The first-order valence-corrected chi connectivity index (χ1v) is 15.7. The van der Waals surface area contributed by atoms with Crippen molar-refractivity contribution in [3.8, 4) is 28.1 Å². The van der Waals surface area contributed by atoms with E-state index in [1.54, 1.807) is 0 Å². The normalized spacial score (nSPS) is 11.9. The zero-order valence-corrected chi connectivity index (χ0v) is 21.4. The summed E-state index contributed by atoms with van der Waals surface area (Å²) in [5.74, 6) is 0. The van der Waals surface area contributed by atoms with Gasteiger partial charge >= 0.3 is 0 Å². The second kappa shape index (κ2) is 8.37. The van der Waals surface area contributed by atoms with Crippen LogP contribution in [0.4, 0.5) is 0 Å². The first kappa shape index (κ1) is 21.6. The third-order valence-electron chi connectivity index (χ3n) is 6.78. The lowest BCUT2D eigenvalue weighted by atomic mass is 10.0. The van der Waals surface area contributed by atoms with E-state index in [0.29, 0.717) is 0 Å². The lowest BCUT2D eigenvalue weighted by Gasteiger charge is -2.22. The Morgan fingerprint density at radius 1 is 0.600 bits per heavy atom. The average molecular weight is 469 g/mol. The van der Waals surface area contributed by atoms with Gasteiger partial charge in [0.15, 0.2) is 0 Å². The average Bonchev–Trinajstić information content (AvgIpc) is 3.22. The summed E-state index contributed by atoms with van der Waals surface area (Å²) < 4.78 is 2.36. The number of fused-ring (bicyclic) bond motifs is 3. The van der Waals surface area contributed by atoms with Crippen molar-refractivity contribution in [3.05, 3.63) is 115 Å². The van der Waals surface area contributed by atoms with Gasteiger partial charge in [0.05, 0.1) is 24.8 Å². The van der Waals surface area contributed by atoms with Crippen LogP contribution in [0.5, 0.6) is 0 Å². The number of hydrogen-bond acceptors (Lipinski definition) is 1. The summed E-state index contributed by atoms with van der Waals surface area (Å²) in [5.41, 5.74) is 8.32. The van der Waals surface area contributed by atoms with Gasteiger partial charge in [-0.1, -0.05) is 92.4 Å². The van der Waals surface area contributed by atoms with Crippen LogP contribution in [0.15, 0.2) is 115 Å². The summed E-state index contributed by atoms with van der Waals surface area (Å²) in [7, 11) is -1.61. The van der Waals surface area contributed by atoms with Crippen molar-refractivity contribution in [3.63, 3.8) is 0 Å². The third-order valence-corrected chi connectivity index (χ3v) is 8.81. The molecule has 0 unspecified atom stereocenters. The lowest BCUT2D eigenvalue weighted by molar-refractivity contribution is 1.18. The predicted octanol–water partition coefficient (Wildman–Crippen LogP) is 8.06. The highest BCUT2D eigenvalue weighted by Gasteiger charge is 2.22. The molecular formula is C32H28N2Si. The molecule has 0 aliphatic heterocycles. The Hall–Kier alpha value is -3.95. The van der Waals surface area contributed by atoms with Crippen LogP contribution in [0.1, 0.15) is 0 Å². The fourth-order valence-corrected chi connectivity index (χ4v) is 6.66. The van der Waals surface area contributed by atoms with Crippen molar-refractivity contribution < 1.29 is 0 Å². The molecule has 0 bridgehead atoms. The van der Waals surface area contributed by atoms with E-state index in [1.807, 2.05) is 0 Å². The van der Waals surface area contributed by atoms with Gasteiger partial charge in [0, 0.05) is 28.2 Å². The SMILES string of the molecule is C[Si](C)(C)c1cc(-c2ccc3c(c2)c2ccccc2n3-c2ccccc2)ncc1-c1ccccc1. The summed E-state index contributed by atoms with van der Waals surface area (Å²) >= 11 is 0. The van der Waals surface area contributed by atoms with Gasteiger partial charge in [0.2, 0.25) is 0 Å². The molecule has 0 saturated carbocycles. The Morgan fingerprint density at radius 3 is 2.00 bits per heavy atom. The van der Waals surface area contributed by atoms with E-state index in [4.69, 9.17) is 4.98 Å². The standard InChI is InChI=1S/C32H28N2Si/c1-35(2,3)32-21-29(33-22-28(32)23-12-6-4-7-13-23)24-18-19-31-27(20-24)26-16-10-11-17-30(26)34(31)25-14-8-5-9-15-25/h4-22H,1-3H3. The first-order chi connectivity index (χ1) is 17.0. The summed E-state index contributed by atoms with van der Waals surface area (Å²) in [5, 5.41) is 3.96. The number of rotatable bonds is 4. The molecule has 170 valence electrons. The molecule has 0 fully saturated rings. The molecule has 0 N–H and O–H groups in total. The molecule has 4 aromatic carbocycles. The van der Waals surface area contributed by atoms with E-state index in [1.165, 1.54) is 43.8 Å². The van der Waals surface area contributed by atoms with Crippen LogP contribution < -0.4 is 5.19 Å². The molecular weight excluding hydrogens is 440 g/mol. The van der Waals surface area contributed by atoms with E-state index in [9.17, 15) is 0 Å². The Kier molecular flexibility index (Phi) is 5.16. The summed E-state index contributed by atoms with van der Waals surface area (Å²) in [6.07, 6.45) is 2.08. The zero-order chi connectivity index (χ0) is 24.0. The molecule has 0 amide bonds. The van der Waals surface area contributed by atoms with Crippen LogP contribution in [0, 0.1) is 0 Å². The van der Waals surface area contributed by atoms with Crippen LogP contribution in [0.25, 0.3) is 49.9 Å². The monoisotopic (exact) mass is 468 g/mol. The van der Waals surface area contributed by atoms with Gasteiger partial charge in [-0.3, -0.25) is 4.98 Å². The molecule has 0 aliphatic rings. The van der Waals surface area contributed by atoms with E-state index < -0.39 is 8.07 Å². The molecule has 0 aliphatic carbocycles. The van der Waals surface area contributed by atoms with E-state index in [2.05, 4.69) is 140 Å². The van der Waals surface area contributed by atoms with Crippen molar-refractivity contribution in [2.24, 2.45) is 0 Å². The summed E-state index contributed by atoms with van der Waals surface area (Å²) in [6.45, 7) is 7.24. The molecule has 2 nitrogen and oxygen atoms in total. The highest BCUT2D eigenvalue weighted by atomic mass is 28.3. The Bertz CT molecular complexity index is 1660. The molecule has 0 atom stereocenters. The number of para-hydroxylation sites is 2. The number of pyridine rings is 1. The maximum atomic E-state index is 4.97. The molecule has 0 saturated heterocycles. The van der Waals surface area contributed by atoms with E-state index >= 15 is 0 Å². The Balaban J connectivity index is 1.56. The number of benzene rings is 4. The Labute approximate surface area is 207 Å². The number of hydrogen-bond donors (Lipinski definition) is 0. The van der Waals surface area contributed by atoms with Gasteiger partial charge in [-0.2, -0.15) is 0 Å². The molecule has 6 aromatic rings. The second-order valence-corrected chi connectivity index (χ2v) is 15.2. The first-order valence-electron chi connectivity index (χ1n) is 12.2. The topological polar surface area (TPSA) is 17.8 Å². The number of aromatic nitrogens is 2. The van der Waals surface area contributed by atoms with Crippen LogP contribution in [-0.4, -0.2) is 17.6 Å². The Morgan fingerprint density at radius 2 is 1.26 bits per heavy atom. The quantitative estimate of drug-likeness (QED) is 0.239. The highest BCUT2D eigenvalue weighted by Crippen LogP contribution is 2.34. The summed E-state index contributed by atoms with van der Waals surface area (Å²) in [4.78, 5) is 4.97. The van der Waals surface area contributed by atoms with Crippen molar-refractivity contribution in [2.45, 2.75) is 19.6 Å². The van der Waals surface area contributed by atoms with Crippen molar-refractivity contribution in [2.75, 3.05) is 0 Å². The largest absolute Gasteiger partial charge is 0.309 e. The van der Waals surface area contributed by atoms with Crippen molar-refractivity contribution in [1.82, 2.24) is 9.55 Å². The third kappa shape index (κ3) is 3.78. The maximum Gasteiger partial charge on any atom is 0.0785 e. The van der Waals surface area contributed by atoms with Gasteiger partial charge < -0.3 is 4.57 Å². The molecule has 35 heavy (non-hydrogen) atoms. The zero-order valence-electron chi connectivity index (χ0n) is 20.4. The highest BCUT2D eigenvalue weighted by molar-refractivity contribution is 6.89. The van der Waals surface area contributed by atoms with Crippen molar-refractivity contribution in [1.29, 1.82) is 0 Å². The van der Waals surface area contributed by atoms with Crippen molar-refractivity contribution >= 4 is 35.1 Å². The van der Waals surface area contributed by atoms with Crippen LogP contribution in [0.2, 0.25) is 19.6 Å². The molecule has 6 rings (SSSR count). The minimum absolute atomic E-state index is 1.04. The van der Waals surface area contributed by atoms with Crippen LogP contribution >= 0.6 is 0 Å². The van der Waals surface area contributed by atoms with Gasteiger partial charge in [-0.05, 0) is 52.7 Å². The van der Waals surface area contributed by atoms with Gasteiger partial charge in [-0.15, -0.1) is 0 Å². The van der Waals surface area contributed by atoms with Gasteiger partial charge in [-0.25, -0.2) is 0 Å². The number of nitrogens with zero attached hydrogens (tertiary/aromatic N) is 2. The molecule has 2 aromatic heterocycles. The van der Waals surface area contributed by atoms with E-state index in [0.717, 1.165) is 11.3 Å². The minimum Gasteiger partial charge on any atom is -0.309 e. The lowest BCUT2D eigenvalue weighted by Crippen LogP contribution is -2.39. The second-order valence-electron chi connectivity index (χ2n) is 10.2. The predicted molar refractivity (Wildman–Crippen MR) is 152 cm³/mol. The molecule has 0 radical (unpaired) electrons. The molecule has 3 heteroatoms. The van der Waals surface area contributed by atoms with Gasteiger partial charge in [0.25, 0.3) is 0 Å². The van der Waals surface area contributed by atoms with Crippen LogP contribution in [0.3, 0.4) is 0 Å². The fourth-order valence-electron chi connectivity index (χ4n) is 5.07. The summed E-state index contributed by atoms with van der Waals surface area (Å²) in [6, 6.07) is 39.0. The molecule has 0 spiro atoms. The maximum absolute atomic E-state index is 4.97. The van der Waals surface area contributed by atoms with Crippen LogP contribution in [-0.2, 0) is 0 Å². The minimum atomic E-state index is -1.61.